The molecule has 0 aliphatic rings. The van der Waals surface area contributed by atoms with E-state index >= 15 is 0 Å². The number of hydrogen-bond donors (Lipinski definition) is 2. The van der Waals surface area contributed by atoms with Crippen LogP contribution in [-0.4, -0.2) is 42.4 Å². The molecule has 1 heterocycles. The van der Waals surface area contributed by atoms with Gasteiger partial charge in [-0.3, -0.25) is 14.7 Å². The second-order valence-corrected chi connectivity index (χ2v) is 13.1. The van der Waals surface area contributed by atoms with E-state index in [9.17, 15) is 18.3 Å². The molecule has 5 aromatic rings. The molecule has 1 atom stereocenters. The van der Waals surface area contributed by atoms with Crippen LogP contribution in [0.15, 0.2) is 131 Å². The Hall–Kier alpha value is -4.83. The third-order valence-corrected chi connectivity index (χ3v) is 9.48. The molecule has 0 saturated heterocycles. The maximum Gasteiger partial charge on any atom is 0.252 e. The van der Waals surface area contributed by atoms with Crippen LogP contribution in [0.25, 0.3) is 0 Å². The Morgan fingerprint density at radius 1 is 0.848 bits per heavy atom. The van der Waals surface area contributed by atoms with Gasteiger partial charge in [-0.15, -0.1) is 0 Å². The lowest BCUT2D eigenvalue weighted by Gasteiger charge is -2.25. The minimum absolute atomic E-state index is 0.00394. The first-order valence-corrected chi connectivity index (χ1v) is 16.5. The number of nitrogens with zero attached hydrogens (tertiary/aromatic N) is 2. The van der Waals surface area contributed by atoms with Crippen LogP contribution < -0.4 is 10.5 Å². The highest BCUT2D eigenvalue weighted by atomic mass is 32.2. The van der Waals surface area contributed by atoms with E-state index in [2.05, 4.69) is 22.0 Å². The van der Waals surface area contributed by atoms with E-state index in [4.69, 9.17) is 10.5 Å². The normalized spacial score (nSPS) is 12.2. The summed E-state index contributed by atoms with van der Waals surface area (Å²) in [7, 11) is -3.93. The van der Waals surface area contributed by atoms with Gasteiger partial charge >= 0.3 is 0 Å². The summed E-state index contributed by atoms with van der Waals surface area (Å²) in [5, 5.41) is 11.0. The van der Waals surface area contributed by atoms with Crippen LogP contribution in [0.5, 0.6) is 5.75 Å². The van der Waals surface area contributed by atoms with Gasteiger partial charge in [0.15, 0.2) is 0 Å². The Morgan fingerprint density at radius 2 is 1.50 bits per heavy atom. The first-order valence-electron chi connectivity index (χ1n) is 15.0. The minimum Gasteiger partial charge on any atom is -0.488 e. The number of carbonyl (C=O) groups is 1. The summed E-state index contributed by atoms with van der Waals surface area (Å²) >= 11 is 0. The molecule has 0 bridgehead atoms. The molecule has 3 N–H and O–H groups in total. The highest BCUT2D eigenvalue weighted by Gasteiger charge is 2.22. The lowest BCUT2D eigenvalue weighted by atomic mass is 10.1. The van der Waals surface area contributed by atoms with Crippen LogP contribution in [0.1, 0.15) is 44.4 Å². The van der Waals surface area contributed by atoms with Crippen LogP contribution in [0, 0.1) is 6.92 Å². The lowest BCUT2D eigenvalue weighted by molar-refractivity contribution is 0.0995. The molecule has 8 nitrogen and oxygen atoms in total. The summed E-state index contributed by atoms with van der Waals surface area (Å²) in [5.74, 6) is -0.561. The number of carbonyl (C=O) groups excluding carboxylic acids is 1. The molecule has 0 saturated carbocycles. The summed E-state index contributed by atoms with van der Waals surface area (Å²) in [6, 6.07) is 34.2. The third kappa shape index (κ3) is 8.45. The molecule has 0 aliphatic carbocycles. The van der Waals surface area contributed by atoms with Crippen LogP contribution in [0.3, 0.4) is 0 Å². The van der Waals surface area contributed by atoms with Crippen molar-refractivity contribution in [2.24, 2.45) is 5.73 Å². The van der Waals surface area contributed by atoms with Gasteiger partial charge in [-0.2, -0.15) is 0 Å². The number of aliphatic hydroxyl groups excluding tert-OH is 1. The number of pyridine rings is 1. The number of hydrogen-bond acceptors (Lipinski definition) is 7. The van der Waals surface area contributed by atoms with Gasteiger partial charge in [0.05, 0.1) is 21.5 Å². The second-order valence-electron chi connectivity index (χ2n) is 11.2. The Labute approximate surface area is 270 Å². The number of aliphatic hydroxyl groups is 1. The monoisotopic (exact) mass is 635 g/mol. The number of ether oxygens (including phenoxy) is 1. The average molecular weight is 636 g/mol. The number of nitrogens with two attached hydrogens (primary N) is 1. The summed E-state index contributed by atoms with van der Waals surface area (Å²) in [6.07, 6.45) is 1.65. The van der Waals surface area contributed by atoms with Crippen LogP contribution >= 0.6 is 0 Å². The Bertz CT molecular complexity index is 1850. The molecule has 0 aliphatic heterocycles. The quantitative estimate of drug-likeness (QED) is 0.161. The van der Waals surface area contributed by atoms with Crippen LogP contribution in [-0.2, 0) is 29.4 Å². The number of sulfone groups is 1. The molecular formula is C37H37N3O5S. The number of aromatic nitrogens is 1. The topological polar surface area (TPSA) is 123 Å². The predicted molar refractivity (Wildman–Crippen MR) is 177 cm³/mol. The molecule has 236 valence electrons. The molecule has 4 aromatic carbocycles. The standard InChI is InChI=1S/C37H37N3O5S/c1-27-12-15-31(23-39-27)35(41)25-40(24-29-8-4-2-5-9-29)21-20-28-13-16-32(17-14-28)46(43,44)33-18-19-36(34(22-33)37(38)42)45-26-30-10-6-3-7-11-30/h2-19,22-23,35,41H,20-21,24-26H2,1H3,(H2,38,42)/t35-/m1/s1. The largest absolute Gasteiger partial charge is 0.488 e. The third-order valence-electron chi connectivity index (χ3n) is 7.71. The van der Waals surface area contributed by atoms with Crippen molar-refractivity contribution in [3.05, 3.63) is 155 Å². The summed E-state index contributed by atoms with van der Waals surface area (Å²) in [6.45, 7) is 3.82. The maximum atomic E-state index is 13.5. The van der Waals surface area contributed by atoms with E-state index in [-0.39, 0.29) is 27.7 Å². The van der Waals surface area contributed by atoms with Gasteiger partial charge in [0.2, 0.25) is 9.84 Å². The molecule has 0 spiro atoms. The number of benzene rings is 4. The molecule has 0 radical (unpaired) electrons. The van der Waals surface area contributed by atoms with Crippen molar-refractivity contribution in [1.29, 1.82) is 0 Å². The van der Waals surface area contributed by atoms with E-state index in [1.54, 1.807) is 30.5 Å². The molecule has 9 heteroatoms. The summed E-state index contributed by atoms with van der Waals surface area (Å²) in [5.41, 5.74) is 10.2. The van der Waals surface area contributed by atoms with Gasteiger partial charge in [0, 0.05) is 37.1 Å². The Morgan fingerprint density at radius 3 is 2.13 bits per heavy atom. The van der Waals surface area contributed by atoms with E-state index in [0.717, 1.165) is 27.9 Å². The molecule has 1 amide bonds. The zero-order chi connectivity index (χ0) is 32.5. The second kappa shape index (κ2) is 15.0. The van der Waals surface area contributed by atoms with Gasteiger partial charge in [0.1, 0.15) is 12.4 Å². The van der Waals surface area contributed by atoms with E-state index in [1.165, 1.54) is 18.2 Å². The molecule has 1 aromatic heterocycles. The van der Waals surface area contributed by atoms with Crippen molar-refractivity contribution in [3.8, 4) is 5.75 Å². The zero-order valence-electron chi connectivity index (χ0n) is 25.6. The van der Waals surface area contributed by atoms with Crippen molar-refractivity contribution in [1.82, 2.24) is 9.88 Å². The van der Waals surface area contributed by atoms with Gasteiger partial charge in [-0.05, 0) is 66.4 Å². The number of amides is 1. The van der Waals surface area contributed by atoms with E-state index < -0.39 is 21.8 Å². The zero-order valence-corrected chi connectivity index (χ0v) is 26.4. The Balaban J connectivity index is 1.28. The van der Waals surface area contributed by atoms with Crippen molar-refractivity contribution >= 4 is 15.7 Å². The maximum absolute atomic E-state index is 13.5. The molecule has 0 fully saturated rings. The molecule has 0 unspecified atom stereocenters. The van der Waals surface area contributed by atoms with Crippen LogP contribution in [0.2, 0.25) is 0 Å². The van der Waals surface area contributed by atoms with Crippen LogP contribution in [0.4, 0.5) is 0 Å². The highest BCUT2D eigenvalue weighted by Crippen LogP contribution is 2.28. The van der Waals surface area contributed by atoms with Gasteiger partial charge in [0.25, 0.3) is 5.91 Å². The lowest BCUT2D eigenvalue weighted by Crippen LogP contribution is -2.30. The fourth-order valence-electron chi connectivity index (χ4n) is 5.09. The molecule has 5 rings (SSSR count). The predicted octanol–water partition coefficient (Wildman–Crippen LogP) is 5.68. The van der Waals surface area contributed by atoms with Gasteiger partial charge < -0.3 is 15.6 Å². The summed E-state index contributed by atoms with van der Waals surface area (Å²) < 4.78 is 32.8. The first kappa shape index (κ1) is 32.6. The van der Waals surface area contributed by atoms with Crippen molar-refractivity contribution < 1.29 is 23.1 Å². The van der Waals surface area contributed by atoms with Crippen molar-refractivity contribution in [2.75, 3.05) is 13.1 Å². The average Bonchev–Trinajstić information content (AvgIpc) is 3.07. The SMILES string of the molecule is Cc1ccc([C@H](O)CN(CCc2ccc(S(=O)(=O)c3ccc(OCc4ccccc4)c(C(N)=O)c3)cc2)Cc2ccccc2)cn1. The fraction of sp³-hybridized carbons (Fsp3) is 0.189. The van der Waals surface area contributed by atoms with Crippen molar-refractivity contribution in [2.45, 2.75) is 42.4 Å². The van der Waals surface area contributed by atoms with Gasteiger partial charge in [-0.25, -0.2) is 8.42 Å². The number of aryl methyl sites for hydroxylation is 1. The number of rotatable bonds is 14. The van der Waals surface area contributed by atoms with Gasteiger partial charge in [-0.1, -0.05) is 78.9 Å². The minimum atomic E-state index is -3.93. The fourth-order valence-corrected chi connectivity index (χ4v) is 6.38. The smallest absolute Gasteiger partial charge is 0.252 e. The molecule has 46 heavy (non-hydrogen) atoms. The first-order chi connectivity index (χ1) is 22.2. The van der Waals surface area contributed by atoms with E-state index in [0.29, 0.717) is 26.1 Å². The summed E-state index contributed by atoms with van der Waals surface area (Å²) in [4.78, 5) is 18.8. The Kier molecular flexibility index (Phi) is 10.6. The van der Waals surface area contributed by atoms with Crippen molar-refractivity contribution in [3.63, 3.8) is 0 Å². The number of primary amides is 1. The molecular weight excluding hydrogens is 598 g/mol. The van der Waals surface area contributed by atoms with E-state index in [1.807, 2.05) is 67.6 Å². The highest BCUT2D eigenvalue weighted by molar-refractivity contribution is 7.91.